The van der Waals surface area contributed by atoms with E-state index in [1.165, 1.54) is 6.07 Å². The van der Waals surface area contributed by atoms with E-state index in [9.17, 15) is 4.39 Å². The summed E-state index contributed by atoms with van der Waals surface area (Å²) in [6, 6.07) is 13.4. The maximum absolute atomic E-state index is 13.9. The van der Waals surface area contributed by atoms with Gasteiger partial charge in [0.05, 0.1) is 21.9 Å². The van der Waals surface area contributed by atoms with Gasteiger partial charge in [-0.05, 0) is 49.2 Å². The minimum Gasteiger partial charge on any atom is -0.327 e. The van der Waals surface area contributed by atoms with E-state index < -0.39 is 5.82 Å². The zero-order chi connectivity index (χ0) is 18.5. The van der Waals surface area contributed by atoms with E-state index in [-0.39, 0.29) is 5.02 Å². The van der Waals surface area contributed by atoms with Crippen LogP contribution in [0.5, 0.6) is 0 Å². The van der Waals surface area contributed by atoms with Crippen molar-refractivity contribution in [1.82, 2.24) is 14.5 Å². The fourth-order valence-electron chi connectivity index (χ4n) is 3.93. The molecule has 5 heteroatoms. The highest BCUT2D eigenvalue weighted by Gasteiger charge is 2.24. The van der Waals surface area contributed by atoms with Crippen LogP contribution in [-0.2, 0) is 13.0 Å². The van der Waals surface area contributed by atoms with Gasteiger partial charge in [-0.3, -0.25) is 4.98 Å². The Morgan fingerprint density at radius 2 is 2.04 bits per heavy atom. The molecular formula is C22H17ClFN3. The molecule has 3 heterocycles. The number of aromatic nitrogens is 3. The van der Waals surface area contributed by atoms with Gasteiger partial charge in [-0.15, -0.1) is 0 Å². The summed E-state index contributed by atoms with van der Waals surface area (Å²) >= 11 is 6.09. The second-order valence-corrected chi connectivity index (χ2v) is 7.38. The summed E-state index contributed by atoms with van der Waals surface area (Å²) in [4.78, 5) is 9.33. The summed E-state index contributed by atoms with van der Waals surface area (Å²) in [7, 11) is 0. The average Bonchev–Trinajstić information content (AvgIpc) is 3.25. The number of rotatable bonds is 2. The van der Waals surface area contributed by atoms with Gasteiger partial charge in [0, 0.05) is 35.7 Å². The summed E-state index contributed by atoms with van der Waals surface area (Å²) in [6.07, 6.45) is 3.85. The van der Waals surface area contributed by atoms with Crippen molar-refractivity contribution in [2.45, 2.75) is 26.3 Å². The topological polar surface area (TPSA) is 30.7 Å². The summed E-state index contributed by atoms with van der Waals surface area (Å²) in [5, 5.41) is 1.21. The maximum Gasteiger partial charge on any atom is 0.142 e. The van der Waals surface area contributed by atoms with Gasteiger partial charge in [-0.25, -0.2) is 9.37 Å². The second kappa shape index (κ2) is 6.17. The maximum atomic E-state index is 13.9. The minimum absolute atomic E-state index is 0.123. The molecule has 5 rings (SSSR count). The molecule has 1 aliphatic heterocycles. The predicted octanol–water partition coefficient (Wildman–Crippen LogP) is 5.81. The standard InChI is InChI=1S/C22H17ClFN3/c1-13-10-18(24)17(23)12-16(13)21-22(27-9-3-5-20(27)26-21)15-6-7-19-14(11-15)4-2-8-25-19/h2,4,6-8,10-12H,3,5,9H2,1H3. The highest BCUT2D eigenvalue weighted by atomic mass is 35.5. The SMILES string of the molecule is Cc1cc(F)c(Cl)cc1-c1nc2n(c1-c1ccc3ncccc3c1)CCC2. The van der Waals surface area contributed by atoms with Crippen LogP contribution in [0, 0.1) is 12.7 Å². The number of nitrogens with zero attached hydrogens (tertiary/aromatic N) is 3. The number of halogens is 2. The second-order valence-electron chi connectivity index (χ2n) is 6.97. The van der Waals surface area contributed by atoms with Crippen LogP contribution in [0.2, 0.25) is 5.02 Å². The third-order valence-electron chi connectivity index (χ3n) is 5.23. The Morgan fingerprint density at radius 3 is 2.93 bits per heavy atom. The minimum atomic E-state index is -0.400. The number of hydrogen-bond donors (Lipinski definition) is 0. The van der Waals surface area contributed by atoms with Crippen molar-refractivity contribution in [1.29, 1.82) is 0 Å². The molecule has 0 N–H and O–H groups in total. The van der Waals surface area contributed by atoms with Crippen molar-refractivity contribution in [3.8, 4) is 22.5 Å². The molecule has 0 saturated heterocycles. The van der Waals surface area contributed by atoms with Gasteiger partial charge in [0.2, 0.25) is 0 Å². The molecule has 0 aliphatic carbocycles. The molecule has 0 spiro atoms. The summed E-state index contributed by atoms with van der Waals surface area (Å²) in [5.74, 6) is 0.675. The molecule has 4 aromatic rings. The van der Waals surface area contributed by atoms with Gasteiger partial charge in [0.25, 0.3) is 0 Å². The first-order chi connectivity index (χ1) is 13.1. The Balaban J connectivity index is 1.78. The molecule has 0 bridgehead atoms. The smallest absolute Gasteiger partial charge is 0.142 e. The van der Waals surface area contributed by atoms with Gasteiger partial charge in [-0.2, -0.15) is 0 Å². The third kappa shape index (κ3) is 2.63. The van der Waals surface area contributed by atoms with E-state index in [0.717, 1.165) is 64.2 Å². The molecule has 134 valence electrons. The summed E-state index contributed by atoms with van der Waals surface area (Å²) in [5.41, 5.74) is 5.70. The first-order valence-electron chi connectivity index (χ1n) is 9.02. The van der Waals surface area contributed by atoms with Crippen LogP contribution >= 0.6 is 11.6 Å². The predicted molar refractivity (Wildman–Crippen MR) is 106 cm³/mol. The Hall–Kier alpha value is -2.72. The molecule has 2 aromatic heterocycles. The first-order valence-corrected chi connectivity index (χ1v) is 9.40. The molecule has 0 amide bonds. The molecule has 3 nitrogen and oxygen atoms in total. The van der Waals surface area contributed by atoms with Crippen molar-refractivity contribution in [3.63, 3.8) is 0 Å². The lowest BCUT2D eigenvalue weighted by molar-refractivity contribution is 0.627. The highest BCUT2D eigenvalue weighted by molar-refractivity contribution is 6.31. The van der Waals surface area contributed by atoms with E-state index >= 15 is 0 Å². The van der Waals surface area contributed by atoms with Crippen LogP contribution in [-0.4, -0.2) is 14.5 Å². The molecule has 0 atom stereocenters. The zero-order valence-corrected chi connectivity index (χ0v) is 15.6. The number of imidazole rings is 1. The Bertz CT molecular complexity index is 1200. The molecule has 0 saturated carbocycles. The summed E-state index contributed by atoms with van der Waals surface area (Å²) in [6.45, 7) is 2.84. The van der Waals surface area contributed by atoms with Crippen molar-refractivity contribution >= 4 is 22.5 Å². The van der Waals surface area contributed by atoms with Gasteiger partial charge in [-0.1, -0.05) is 23.7 Å². The lowest BCUT2D eigenvalue weighted by Crippen LogP contribution is -1.97. The number of hydrogen-bond acceptors (Lipinski definition) is 2. The van der Waals surface area contributed by atoms with E-state index in [1.807, 2.05) is 19.1 Å². The van der Waals surface area contributed by atoms with Crippen LogP contribution in [0.25, 0.3) is 33.4 Å². The van der Waals surface area contributed by atoms with E-state index in [1.54, 1.807) is 12.3 Å². The zero-order valence-electron chi connectivity index (χ0n) is 14.8. The van der Waals surface area contributed by atoms with Gasteiger partial charge in [0.15, 0.2) is 0 Å². The number of pyridine rings is 1. The highest BCUT2D eigenvalue weighted by Crippen LogP contribution is 2.39. The van der Waals surface area contributed by atoms with E-state index in [0.29, 0.717) is 0 Å². The van der Waals surface area contributed by atoms with Gasteiger partial charge in [0.1, 0.15) is 11.6 Å². The quantitative estimate of drug-likeness (QED) is 0.441. The van der Waals surface area contributed by atoms with E-state index in [2.05, 4.69) is 27.8 Å². The number of benzene rings is 2. The van der Waals surface area contributed by atoms with Gasteiger partial charge < -0.3 is 4.57 Å². The van der Waals surface area contributed by atoms with Crippen LogP contribution in [0.1, 0.15) is 17.8 Å². The number of fused-ring (bicyclic) bond motifs is 2. The fraction of sp³-hybridized carbons (Fsp3) is 0.182. The summed E-state index contributed by atoms with van der Waals surface area (Å²) < 4.78 is 16.2. The molecular weight excluding hydrogens is 361 g/mol. The molecule has 0 unspecified atom stereocenters. The van der Waals surface area contributed by atoms with Crippen molar-refractivity contribution in [2.24, 2.45) is 0 Å². The third-order valence-corrected chi connectivity index (χ3v) is 5.52. The molecule has 27 heavy (non-hydrogen) atoms. The van der Waals surface area contributed by atoms with Crippen LogP contribution in [0.15, 0.2) is 48.7 Å². The van der Waals surface area contributed by atoms with Crippen LogP contribution < -0.4 is 0 Å². The average molecular weight is 378 g/mol. The largest absolute Gasteiger partial charge is 0.327 e. The van der Waals surface area contributed by atoms with Crippen molar-refractivity contribution < 1.29 is 4.39 Å². The van der Waals surface area contributed by atoms with Crippen LogP contribution in [0.3, 0.4) is 0 Å². The lowest BCUT2D eigenvalue weighted by atomic mass is 9.99. The normalized spacial score (nSPS) is 13.3. The Labute approximate surface area is 161 Å². The van der Waals surface area contributed by atoms with Crippen molar-refractivity contribution in [2.75, 3.05) is 0 Å². The molecule has 0 radical (unpaired) electrons. The van der Waals surface area contributed by atoms with Gasteiger partial charge >= 0.3 is 0 Å². The first kappa shape index (κ1) is 16.5. The molecule has 2 aromatic carbocycles. The molecule has 0 fully saturated rings. The Morgan fingerprint density at radius 1 is 1.15 bits per heavy atom. The monoisotopic (exact) mass is 377 g/mol. The van der Waals surface area contributed by atoms with Crippen molar-refractivity contribution in [3.05, 3.63) is 70.9 Å². The number of aryl methyl sites for hydroxylation is 2. The van der Waals surface area contributed by atoms with E-state index in [4.69, 9.17) is 16.6 Å². The Kier molecular flexibility index (Phi) is 3.76. The lowest BCUT2D eigenvalue weighted by Gasteiger charge is -2.12. The molecule has 1 aliphatic rings. The fourth-order valence-corrected chi connectivity index (χ4v) is 4.09. The van der Waals surface area contributed by atoms with Crippen LogP contribution in [0.4, 0.5) is 4.39 Å².